The molecule has 0 radical (unpaired) electrons. The smallest absolute Gasteiger partial charge is 0.249 e. The number of thiophene rings is 1. The van der Waals surface area contributed by atoms with Gasteiger partial charge in [0.2, 0.25) is 5.91 Å². The monoisotopic (exact) mass is 393 g/mol. The fraction of sp³-hybridized carbons (Fsp3) is 0.450. The van der Waals surface area contributed by atoms with Crippen LogP contribution in [0.2, 0.25) is 5.02 Å². The van der Waals surface area contributed by atoms with Gasteiger partial charge in [-0.15, -0.1) is 0 Å². The van der Waals surface area contributed by atoms with Crippen molar-refractivity contribution in [2.24, 2.45) is 0 Å². The van der Waals surface area contributed by atoms with Crippen LogP contribution in [0.25, 0.3) is 0 Å². The largest absolute Gasteiger partial charge is 0.376 e. The minimum absolute atomic E-state index is 0.0999. The molecule has 1 fully saturated rings. The zero-order valence-corrected chi connectivity index (χ0v) is 16.4. The average Bonchev–Trinajstić information content (AvgIpc) is 3.20. The van der Waals surface area contributed by atoms with Crippen LogP contribution in [0.3, 0.4) is 0 Å². The third-order valence-electron chi connectivity index (χ3n) is 4.54. The van der Waals surface area contributed by atoms with Gasteiger partial charge in [-0.2, -0.15) is 11.3 Å². The molecule has 1 aliphatic rings. The number of nitrogens with one attached hydrogen (secondary N) is 1. The third kappa shape index (κ3) is 5.30. The first kappa shape index (κ1) is 19.4. The molecule has 0 aliphatic carbocycles. The first-order chi connectivity index (χ1) is 12.6. The Morgan fingerprint density at radius 2 is 2.12 bits per heavy atom. The molecule has 2 heterocycles. The number of hydrogen-bond donors (Lipinski definition) is 1. The number of ether oxygens (including phenoxy) is 2. The fourth-order valence-corrected chi connectivity index (χ4v) is 3.79. The molecular formula is C20H24ClNO3S. The lowest BCUT2D eigenvalue weighted by molar-refractivity contribution is -0.136. The van der Waals surface area contributed by atoms with Gasteiger partial charge >= 0.3 is 0 Å². The predicted octanol–water partition coefficient (Wildman–Crippen LogP) is 4.58. The highest BCUT2D eigenvalue weighted by Crippen LogP contribution is 2.25. The van der Waals surface area contributed by atoms with Gasteiger partial charge in [-0.05, 0) is 66.3 Å². The Morgan fingerprint density at radius 3 is 2.77 bits per heavy atom. The van der Waals surface area contributed by atoms with Crippen molar-refractivity contribution in [3.63, 3.8) is 0 Å². The van der Waals surface area contributed by atoms with Crippen LogP contribution in [0.15, 0.2) is 41.1 Å². The van der Waals surface area contributed by atoms with Crippen molar-refractivity contribution in [2.45, 2.75) is 44.4 Å². The van der Waals surface area contributed by atoms with Crippen LogP contribution in [0, 0.1) is 0 Å². The van der Waals surface area contributed by atoms with Crippen molar-refractivity contribution in [3.05, 3.63) is 57.2 Å². The Kier molecular flexibility index (Phi) is 7.08. The summed E-state index contributed by atoms with van der Waals surface area (Å²) in [7, 11) is 0. The molecule has 3 unspecified atom stereocenters. The molecule has 1 aliphatic heterocycles. The van der Waals surface area contributed by atoms with Gasteiger partial charge in [0.1, 0.15) is 6.10 Å². The van der Waals surface area contributed by atoms with Crippen LogP contribution in [0.4, 0.5) is 0 Å². The topological polar surface area (TPSA) is 47.6 Å². The lowest BCUT2D eigenvalue weighted by atomic mass is 10.0. The van der Waals surface area contributed by atoms with Crippen LogP contribution in [-0.4, -0.2) is 31.3 Å². The van der Waals surface area contributed by atoms with Crippen LogP contribution < -0.4 is 5.32 Å². The van der Waals surface area contributed by atoms with E-state index in [1.807, 2.05) is 41.1 Å². The van der Waals surface area contributed by atoms with Crippen molar-refractivity contribution < 1.29 is 14.3 Å². The summed E-state index contributed by atoms with van der Waals surface area (Å²) < 4.78 is 11.4. The van der Waals surface area contributed by atoms with Gasteiger partial charge in [0.15, 0.2) is 0 Å². The zero-order valence-electron chi connectivity index (χ0n) is 14.8. The quantitative estimate of drug-likeness (QED) is 0.748. The molecule has 4 nitrogen and oxygen atoms in total. The molecule has 0 spiro atoms. The van der Waals surface area contributed by atoms with E-state index < -0.39 is 6.10 Å². The van der Waals surface area contributed by atoms with Crippen molar-refractivity contribution in [1.82, 2.24) is 5.32 Å². The average molecular weight is 394 g/mol. The van der Waals surface area contributed by atoms with Crippen LogP contribution >= 0.6 is 22.9 Å². The van der Waals surface area contributed by atoms with E-state index in [9.17, 15) is 4.79 Å². The summed E-state index contributed by atoms with van der Waals surface area (Å²) in [5.41, 5.74) is 2.04. The Hall–Kier alpha value is -1.40. The number of amides is 1. The fourth-order valence-electron chi connectivity index (χ4n) is 2.98. The Bertz CT molecular complexity index is 684. The van der Waals surface area contributed by atoms with Crippen LogP contribution in [0.5, 0.6) is 0 Å². The minimum Gasteiger partial charge on any atom is -0.376 e. The van der Waals surface area contributed by atoms with Gasteiger partial charge in [0, 0.05) is 11.6 Å². The molecule has 2 aromatic rings. The zero-order chi connectivity index (χ0) is 18.4. The molecule has 1 saturated heterocycles. The standard InChI is InChI=1S/C20H24ClNO3S/c1-14(25-12-18-4-2-3-10-24-18)20(23)22-19(16-9-11-26-13-16)15-5-7-17(21)8-6-15/h5-9,11,13-14,18-19H,2-4,10,12H2,1H3,(H,22,23). The van der Waals surface area contributed by atoms with Crippen molar-refractivity contribution in [2.75, 3.05) is 13.2 Å². The van der Waals surface area contributed by atoms with Crippen LogP contribution in [0.1, 0.15) is 43.4 Å². The van der Waals surface area contributed by atoms with Crippen molar-refractivity contribution >= 4 is 28.8 Å². The van der Waals surface area contributed by atoms with Crippen molar-refractivity contribution in [3.8, 4) is 0 Å². The van der Waals surface area contributed by atoms with E-state index >= 15 is 0 Å². The molecule has 1 aromatic heterocycles. The first-order valence-corrected chi connectivity index (χ1v) is 10.3. The molecule has 1 N–H and O–H groups in total. The number of hydrogen-bond acceptors (Lipinski definition) is 4. The molecule has 1 amide bonds. The molecule has 3 rings (SSSR count). The molecule has 3 atom stereocenters. The summed E-state index contributed by atoms with van der Waals surface area (Å²) in [6.45, 7) is 3.02. The summed E-state index contributed by atoms with van der Waals surface area (Å²) in [6.07, 6.45) is 2.83. The second kappa shape index (κ2) is 9.51. The molecule has 6 heteroatoms. The van der Waals surface area contributed by atoms with E-state index in [2.05, 4.69) is 5.32 Å². The van der Waals surface area contributed by atoms with Gasteiger partial charge in [-0.1, -0.05) is 23.7 Å². The van der Waals surface area contributed by atoms with E-state index in [-0.39, 0.29) is 18.1 Å². The molecule has 0 bridgehead atoms. The Morgan fingerprint density at radius 1 is 1.31 bits per heavy atom. The maximum absolute atomic E-state index is 12.7. The van der Waals surface area contributed by atoms with Crippen LogP contribution in [-0.2, 0) is 14.3 Å². The molecule has 1 aromatic carbocycles. The number of carbonyl (C=O) groups excluding carboxylic acids is 1. The summed E-state index contributed by atoms with van der Waals surface area (Å²) in [5, 5.41) is 7.82. The summed E-state index contributed by atoms with van der Waals surface area (Å²) in [4.78, 5) is 12.7. The molecule has 26 heavy (non-hydrogen) atoms. The summed E-state index contributed by atoms with van der Waals surface area (Å²) in [6, 6.07) is 9.35. The Labute approximate surface area is 163 Å². The van der Waals surface area contributed by atoms with E-state index in [0.29, 0.717) is 11.6 Å². The molecule has 0 saturated carbocycles. The number of rotatable bonds is 7. The highest BCUT2D eigenvalue weighted by molar-refractivity contribution is 7.08. The van der Waals surface area contributed by atoms with Gasteiger partial charge < -0.3 is 14.8 Å². The summed E-state index contributed by atoms with van der Waals surface area (Å²) in [5.74, 6) is -0.132. The lowest BCUT2D eigenvalue weighted by Crippen LogP contribution is -2.39. The predicted molar refractivity (Wildman–Crippen MR) is 105 cm³/mol. The second-order valence-corrected chi connectivity index (χ2v) is 7.73. The van der Waals surface area contributed by atoms with Crippen molar-refractivity contribution in [1.29, 1.82) is 0 Å². The minimum atomic E-state index is -0.533. The van der Waals surface area contributed by atoms with Gasteiger partial charge in [0.05, 0.1) is 18.8 Å². The number of halogens is 1. The maximum Gasteiger partial charge on any atom is 0.249 e. The second-order valence-electron chi connectivity index (χ2n) is 6.51. The van der Waals surface area contributed by atoms with E-state index in [1.165, 1.54) is 0 Å². The van der Waals surface area contributed by atoms with E-state index in [0.717, 1.165) is 37.0 Å². The number of carbonyl (C=O) groups is 1. The molecule has 140 valence electrons. The van der Waals surface area contributed by atoms with E-state index in [1.54, 1.807) is 18.3 Å². The summed E-state index contributed by atoms with van der Waals surface area (Å²) >= 11 is 7.60. The normalized spacial score (nSPS) is 19.7. The first-order valence-electron chi connectivity index (χ1n) is 8.94. The molecular weight excluding hydrogens is 370 g/mol. The van der Waals surface area contributed by atoms with Gasteiger partial charge in [0.25, 0.3) is 0 Å². The highest BCUT2D eigenvalue weighted by atomic mass is 35.5. The van der Waals surface area contributed by atoms with Gasteiger partial charge in [-0.3, -0.25) is 4.79 Å². The lowest BCUT2D eigenvalue weighted by Gasteiger charge is -2.25. The van der Waals surface area contributed by atoms with E-state index in [4.69, 9.17) is 21.1 Å². The number of benzene rings is 1. The highest BCUT2D eigenvalue weighted by Gasteiger charge is 2.23. The SMILES string of the molecule is CC(OCC1CCCCO1)C(=O)NC(c1ccc(Cl)cc1)c1ccsc1. The van der Waals surface area contributed by atoms with Gasteiger partial charge in [-0.25, -0.2) is 0 Å². The Balaban J connectivity index is 1.62. The maximum atomic E-state index is 12.7. The third-order valence-corrected chi connectivity index (χ3v) is 5.50.